The lowest BCUT2D eigenvalue weighted by molar-refractivity contribution is 0.351. The molecule has 0 saturated carbocycles. The lowest BCUT2D eigenvalue weighted by Gasteiger charge is -2.14. The van der Waals surface area contributed by atoms with Crippen LogP contribution in [0.1, 0.15) is 22.5 Å². The number of rotatable bonds is 7. The largest absolute Gasteiger partial charge is 0.493 e. The van der Waals surface area contributed by atoms with Crippen molar-refractivity contribution in [3.05, 3.63) is 39.7 Å². The van der Waals surface area contributed by atoms with Gasteiger partial charge in [0.05, 0.1) is 19.9 Å². The fraction of sp³-hybridized carbons (Fsp3) is 0.438. The molecule has 2 aromatic rings. The number of H-pyrrole nitrogens is 1. The van der Waals surface area contributed by atoms with Gasteiger partial charge in [-0.3, -0.25) is 5.10 Å². The number of hydrogen-bond acceptors (Lipinski definition) is 4. The number of aryl methyl sites for hydroxylation is 2. The van der Waals surface area contributed by atoms with Crippen LogP contribution >= 0.6 is 11.6 Å². The Kier molecular flexibility index (Phi) is 5.69. The van der Waals surface area contributed by atoms with Crippen LogP contribution in [-0.4, -0.2) is 31.0 Å². The van der Waals surface area contributed by atoms with E-state index in [0.29, 0.717) is 17.3 Å². The van der Waals surface area contributed by atoms with Gasteiger partial charge in [-0.25, -0.2) is 0 Å². The van der Waals surface area contributed by atoms with Crippen LogP contribution in [0, 0.1) is 13.8 Å². The van der Waals surface area contributed by atoms with Gasteiger partial charge in [-0.05, 0) is 38.4 Å². The number of hydrogen-bond donors (Lipinski definition) is 2. The van der Waals surface area contributed by atoms with E-state index in [0.717, 1.165) is 35.7 Å². The summed E-state index contributed by atoms with van der Waals surface area (Å²) in [6.45, 7) is 5.57. The van der Waals surface area contributed by atoms with Gasteiger partial charge in [-0.1, -0.05) is 11.6 Å². The Bertz CT molecular complexity index is 621. The van der Waals surface area contributed by atoms with Gasteiger partial charge < -0.3 is 14.8 Å². The van der Waals surface area contributed by atoms with E-state index in [4.69, 9.17) is 21.1 Å². The summed E-state index contributed by atoms with van der Waals surface area (Å²) in [6.07, 6.45) is 0.925. The second-order valence-corrected chi connectivity index (χ2v) is 5.58. The molecule has 0 saturated heterocycles. The highest BCUT2D eigenvalue weighted by atomic mass is 35.5. The molecule has 2 rings (SSSR count). The minimum atomic E-state index is 0.635. The van der Waals surface area contributed by atoms with Crippen molar-refractivity contribution in [3.63, 3.8) is 0 Å². The molecule has 0 unspecified atom stereocenters. The van der Waals surface area contributed by atoms with Gasteiger partial charge in [-0.15, -0.1) is 0 Å². The van der Waals surface area contributed by atoms with Gasteiger partial charge in [0.15, 0.2) is 11.5 Å². The maximum absolute atomic E-state index is 6.12. The highest BCUT2D eigenvalue weighted by Gasteiger charge is 2.12. The average molecular weight is 324 g/mol. The lowest BCUT2D eigenvalue weighted by atomic mass is 10.1. The number of nitrogens with one attached hydrogen (secondary N) is 2. The van der Waals surface area contributed by atoms with Gasteiger partial charge in [0.1, 0.15) is 0 Å². The molecule has 1 heterocycles. The summed E-state index contributed by atoms with van der Waals surface area (Å²) >= 11 is 6.12. The number of halogens is 1. The fourth-order valence-corrected chi connectivity index (χ4v) is 2.75. The van der Waals surface area contributed by atoms with E-state index in [1.54, 1.807) is 20.3 Å². The van der Waals surface area contributed by atoms with Gasteiger partial charge >= 0.3 is 0 Å². The van der Waals surface area contributed by atoms with Gasteiger partial charge in [0, 0.05) is 28.9 Å². The van der Waals surface area contributed by atoms with Gasteiger partial charge in [0.2, 0.25) is 0 Å². The highest BCUT2D eigenvalue weighted by molar-refractivity contribution is 6.30. The van der Waals surface area contributed by atoms with Crippen LogP contribution in [-0.2, 0) is 13.0 Å². The van der Waals surface area contributed by atoms with Crippen molar-refractivity contribution in [3.8, 4) is 11.5 Å². The monoisotopic (exact) mass is 323 g/mol. The molecule has 0 aliphatic heterocycles. The van der Waals surface area contributed by atoms with Crippen molar-refractivity contribution in [2.45, 2.75) is 26.8 Å². The van der Waals surface area contributed by atoms with Crippen LogP contribution in [0.5, 0.6) is 11.5 Å². The first kappa shape index (κ1) is 16.6. The normalized spacial score (nSPS) is 10.8. The van der Waals surface area contributed by atoms with E-state index in [-0.39, 0.29) is 0 Å². The van der Waals surface area contributed by atoms with Crippen molar-refractivity contribution < 1.29 is 9.47 Å². The van der Waals surface area contributed by atoms with Crippen LogP contribution in [0.25, 0.3) is 0 Å². The first-order chi connectivity index (χ1) is 10.6. The van der Waals surface area contributed by atoms with Crippen molar-refractivity contribution in [2.24, 2.45) is 0 Å². The third-order valence-corrected chi connectivity index (χ3v) is 3.89. The van der Waals surface area contributed by atoms with E-state index in [1.807, 2.05) is 19.9 Å². The molecular formula is C16H22ClN3O2. The second-order valence-electron chi connectivity index (χ2n) is 5.14. The fourth-order valence-electron chi connectivity index (χ4n) is 2.52. The van der Waals surface area contributed by atoms with E-state index in [2.05, 4.69) is 15.5 Å². The number of benzene rings is 1. The van der Waals surface area contributed by atoms with Crippen molar-refractivity contribution in [1.82, 2.24) is 15.5 Å². The quantitative estimate of drug-likeness (QED) is 0.769. The summed E-state index contributed by atoms with van der Waals surface area (Å²) < 4.78 is 10.7. The minimum Gasteiger partial charge on any atom is -0.493 e. The molecule has 0 amide bonds. The van der Waals surface area contributed by atoms with Crippen molar-refractivity contribution in [2.75, 3.05) is 20.8 Å². The Morgan fingerprint density at radius 1 is 1.23 bits per heavy atom. The number of aromatic amines is 1. The number of ether oxygens (including phenoxy) is 2. The molecule has 120 valence electrons. The van der Waals surface area contributed by atoms with Gasteiger partial charge in [-0.2, -0.15) is 5.10 Å². The number of aromatic nitrogens is 2. The van der Waals surface area contributed by atoms with Crippen LogP contribution in [0.4, 0.5) is 0 Å². The molecule has 1 aromatic carbocycles. The zero-order valence-corrected chi connectivity index (χ0v) is 14.2. The Hall–Kier alpha value is -1.72. The molecule has 6 heteroatoms. The predicted molar refractivity (Wildman–Crippen MR) is 88.0 cm³/mol. The molecule has 2 N–H and O–H groups in total. The van der Waals surface area contributed by atoms with E-state index in [1.165, 1.54) is 5.56 Å². The maximum atomic E-state index is 6.12. The molecule has 0 fully saturated rings. The molecule has 22 heavy (non-hydrogen) atoms. The van der Waals surface area contributed by atoms with E-state index < -0.39 is 0 Å². The summed E-state index contributed by atoms with van der Waals surface area (Å²) in [7, 11) is 3.24. The molecule has 0 atom stereocenters. The minimum absolute atomic E-state index is 0.635. The van der Waals surface area contributed by atoms with Crippen molar-refractivity contribution in [1.29, 1.82) is 0 Å². The average Bonchev–Trinajstić information content (AvgIpc) is 2.82. The molecule has 0 aliphatic carbocycles. The zero-order chi connectivity index (χ0) is 16.1. The van der Waals surface area contributed by atoms with Crippen molar-refractivity contribution >= 4 is 11.6 Å². The molecule has 0 spiro atoms. The van der Waals surface area contributed by atoms with Crippen LogP contribution in [0.15, 0.2) is 12.1 Å². The standard InChI is InChI=1S/C16H22ClN3O2/c1-10-14(11(2)20-19-10)5-6-18-9-12-7-13(17)8-15(21-3)16(12)22-4/h7-8,18H,5-6,9H2,1-4H3,(H,19,20). The summed E-state index contributed by atoms with van der Waals surface area (Å²) in [5, 5.41) is 11.3. The Labute approximate surface area is 136 Å². The first-order valence-corrected chi connectivity index (χ1v) is 7.56. The Balaban J connectivity index is 1.98. The highest BCUT2D eigenvalue weighted by Crippen LogP contribution is 2.34. The maximum Gasteiger partial charge on any atom is 0.165 e. The molecule has 0 radical (unpaired) electrons. The third kappa shape index (κ3) is 3.72. The predicted octanol–water partition coefficient (Wildman–Crippen LogP) is 3.03. The third-order valence-electron chi connectivity index (χ3n) is 3.67. The molecule has 0 aliphatic rings. The molecule has 0 bridgehead atoms. The molecule has 5 nitrogen and oxygen atoms in total. The summed E-state index contributed by atoms with van der Waals surface area (Å²) in [5.74, 6) is 1.36. The smallest absolute Gasteiger partial charge is 0.165 e. The van der Waals surface area contributed by atoms with E-state index >= 15 is 0 Å². The Morgan fingerprint density at radius 3 is 2.59 bits per heavy atom. The number of methoxy groups -OCH3 is 2. The zero-order valence-electron chi connectivity index (χ0n) is 13.4. The molecular weight excluding hydrogens is 302 g/mol. The lowest BCUT2D eigenvalue weighted by Crippen LogP contribution is -2.17. The Morgan fingerprint density at radius 2 is 2.00 bits per heavy atom. The molecule has 1 aromatic heterocycles. The van der Waals surface area contributed by atoms with E-state index in [9.17, 15) is 0 Å². The van der Waals surface area contributed by atoms with Crippen LogP contribution < -0.4 is 14.8 Å². The number of nitrogens with zero attached hydrogens (tertiary/aromatic N) is 1. The summed E-state index contributed by atoms with van der Waals surface area (Å²) in [4.78, 5) is 0. The summed E-state index contributed by atoms with van der Waals surface area (Å²) in [6, 6.07) is 3.65. The summed E-state index contributed by atoms with van der Waals surface area (Å²) in [5.41, 5.74) is 4.43. The SMILES string of the molecule is COc1cc(Cl)cc(CNCCc2c(C)n[nH]c2C)c1OC. The van der Waals surface area contributed by atoms with Gasteiger partial charge in [0.25, 0.3) is 0 Å². The first-order valence-electron chi connectivity index (χ1n) is 7.18. The van der Waals surface area contributed by atoms with Crippen LogP contribution in [0.2, 0.25) is 5.02 Å². The van der Waals surface area contributed by atoms with Crippen LogP contribution in [0.3, 0.4) is 0 Å². The topological polar surface area (TPSA) is 59.2 Å². The second kappa shape index (κ2) is 7.51.